The zero-order valence-electron chi connectivity index (χ0n) is 11.0. The minimum atomic E-state index is 0.197. The van der Waals surface area contributed by atoms with Crippen molar-refractivity contribution in [2.45, 2.75) is 6.92 Å². The van der Waals surface area contributed by atoms with E-state index in [1.54, 1.807) is 24.4 Å². The molecule has 0 fully saturated rings. The summed E-state index contributed by atoms with van der Waals surface area (Å²) in [5.41, 5.74) is 3.21. The van der Waals surface area contributed by atoms with Crippen molar-refractivity contribution < 1.29 is 5.11 Å². The number of aromatic nitrogens is 1. The molecule has 1 heterocycles. The molecule has 0 aliphatic heterocycles. The van der Waals surface area contributed by atoms with Crippen molar-refractivity contribution >= 4 is 22.3 Å². The minimum Gasteiger partial charge on any atom is -0.507 e. The van der Waals surface area contributed by atoms with Crippen LogP contribution >= 0.6 is 0 Å². The van der Waals surface area contributed by atoms with E-state index in [9.17, 15) is 5.11 Å². The SMILES string of the molecule is Cc1cccc(N=Nc2ccc(O)c3cccnc23)c1. The summed E-state index contributed by atoms with van der Waals surface area (Å²) in [6, 6.07) is 14.7. The summed E-state index contributed by atoms with van der Waals surface area (Å²) >= 11 is 0. The van der Waals surface area contributed by atoms with E-state index in [0.29, 0.717) is 16.6 Å². The van der Waals surface area contributed by atoms with Crippen LogP contribution in [0.5, 0.6) is 5.75 Å². The van der Waals surface area contributed by atoms with Crippen LogP contribution in [0.4, 0.5) is 11.4 Å². The van der Waals surface area contributed by atoms with Crippen LogP contribution in [0.15, 0.2) is 65.0 Å². The van der Waals surface area contributed by atoms with Crippen LogP contribution in [0, 0.1) is 6.92 Å². The van der Waals surface area contributed by atoms with Gasteiger partial charge in [-0.15, -0.1) is 5.11 Å². The smallest absolute Gasteiger partial charge is 0.125 e. The van der Waals surface area contributed by atoms with E-state index >= 15 is 0 Å². The number of phenols is 1. The summed E-state index contributed by atoms with van der Waals surface area (Å²) < 4.78 is 0. The molecular formula is C16H13N3O. The molecule has 0 unspecified atom stereocenters. The van der Waals surface area contributed by atoms with Gasteiger partial charge in [-0.25, -0.2) is 0 Å². The molecule has 4 nitrogen and oxygen atoms in total. The fourth-order valence-corrected chi connectivity index (χ4v) is 2.03. The molecule has 0 bridgehead atoms. The number of rotatable bonds is 2. The van der Waals surface area contributed by atoms with Gasteiger partial charge in [-0.3, -0.25) is 4.98 Å². The van der Waals surface area contributed by atoms with Crippen molar-refractivity contribution in [1.82, 2.24) is 4.98 Å². The highest BCUT2D eigenvalue weighted by Gasteiger charge is 2.05. The molecule has 3 rings (SSSR count). The third kappa shape index (κ3) is 2.36. The van der Waals surface area contributed by atoms with Gasteiger partial charge in [-0.1, -0.05) is 12.1 Å². The van der Waals surface area contributed by atoms with Gasteiger partial charge >= 0.3 is 0 Å². The predicted octanol–water partition coefficient (Wildman–Crippen LogP) is 4.66. The Labute approximate surface area is 116 Å². The maximum atomic E-state index is 9.81. The second-order valence-corrected chi connectivity index (χ2v) is 4.54. The second-order valence-electron chi connectivity index (χ2n) is 4.54. The van der Waals surface area contributed by atoms with Crippen molar-refractivity contribution in [2.75, 3.05) is 0 Å². The fourth-order valence-electron chi connectivity index (χ4n) is 2.03. The molecule has 0 amide bonds. The number of pyridine rings is 1. The second kappa shape index (κ2) is 5.09. The lowest BCUT2D eigenvalue weighted by Crippen LogP contribution is -1.79. The van der Waals surface area contributed by atoms with E-state index in [0.717, 1.165) is 11.3 Å². The fraction of sp³-hybridized carbons (Fsp3) is 0.0625. The molecule has 2 aromatic carbocycles. The van der Waals surface area contributed by atoms with Gasteiger partial charge in [0, 0.05) is 11.6 Å². The molecule has 20 heavy (non-hydrogen) atoms. The Kier molecular flexibility index (Phi) is 3.13. The molecule has 4 heteroatoms. The lowest BCUT2D eigenvalue weighted by molar-refractivity contribution is 0.481. The Morgan fingerprint density at radius 2 is 1.90 bits per heavy atom. The van der Waals surface area contributed by atoms with Crippen molar-refractivity contribution in [3.05, 3.63) is 60.3 Å². The maximum absolute atomic E-state index is 9.81. The highest BCUT2D eigenvalue weighted by Crippen LogP contribution is 2.31. The molecule has 0 atom stereocenters. The third-order valence-corrected chi connectivity index (χ3v) is 3.00. The molecule has 0 aliphatic rings. The Bertz CT molecular complexity index is 797. The van der Waals surface area contributed by atoms with E-state index in [1.807, 2.05) is 37.3 Å². The number of fused-ring (bicyclic) bond motifs is 1. The average Bonchev–Trinajstić information content (AvgIpc) is 2.47. The van der Waals surface area contributed by atoms with Gasteiger partial charge in [0.15, 0.2) is 0 Å². The highest BCUT2D eigenvalue weighted by atomic mass is 16.3. The average molecular weight is 263 g/mol. The van der Waals surface area contributed by atoms with Crippen LogP contribution < -0.4 is 0 Å². The van der Waals surface area contributed by atoms with Gasteiger partial charge in [-0.2, -0.15) is 5.11 Å². The lowest BCUT2D eigenvalue weighted by atomic mass is 10.2. The summed E-state index contributed by atoms with van der Waals surface area (Å²) in [4.78, 5) is 4.26. The Morgan fingerprint density at radius 3 is 2.75 bits per heavy atom. The first-order chi connectivity index (χ1) is 9.74. The molecule has 0 radical (unpaired) electrons. The number of aromatic hydroxyl groups is 1. The van der Waals surface area contributed by atoms with Crippen LogP contribution in [-0.4, -0.2) is 10.1 Å². The standard InChI is InChI=1S/C16H13N3O/c1-11-4-2-5-12(10-11)18-19-14-7-8-15(20)13-6-3-9-17-16(13)14/h2-10,20H,1H3. The third-order valence-electron chi connectivity index (χ3n) is 3.00. The zero-order valence-corrected chi connectivity index (χ0v) is 11.0. The number of hydrogen-bond acceptors (Lipinski definition) is 4. The van der Waals surface area contributed by atoms with Crippen LogP contribution in [0.2, 0.25) is 0 Å². The molecule has 0 saturated heterocycles. The normalized spacial score (nSPS) is 11.2. The molecule has 98 valence electrons. The van der Waals surface area contributed by atoms with Crippen molar-refractivity contribution in [1.29, 1.82) is 0 Å². The number of nitrogens with zero attached hydrogens (tertiary/aromatic N) is 3. The van der Waals surface area contributed by atoms with Gasteiger partial charge in [0.1, 0.15) is 17.0 Å². The van der Waals surface area contributed by atoms with Crippen molar-refractivity contribution in [3.8, 4) is 5.75 Å². The molecule has 1 N–H and O–H groups in total. The van der Waals surface area contributed by atoms with E-state index in [1.165, 1.54) is 0 Å². The van der Waals surface area contributed by atoms with E-state index in [4.69, 9.17) is 0 Å². The molecular weight excluding hydrogens is 250 g/mol. The van der Waals surface area contributed by atoms with Gasteiger partial charge in [0.2, 0.25) is 0 Å². The predicted molar refractivity (Wildman–Crippen MR) is 78.8 cm³/mol. The summed E-state index contributed by atoms with van der Waals surface area (Å²) in [6.45, 7) is 2.01. The molecule has 0 spiro atoms. The van der Waals surface area contributed by atoms with Crippen molar-refractivity contribution in [2.24, 2.45) is 10.2 Å². The molecule has 0 aliphatic carbocycles. The topological polar surface area (TPSA) is 57.8 Å². The van der Waals surface area contributed by atoms with Gasteiger partial charge < -0.3 is 5.11 Å². The van der Waals surface area contributed by atoms with Gasteiger partial charge in [0.05, 0.1) is 5.69 Å². The molecule has 0 saturated carbocycles. The highest BCUT2D eigenvalue weighted by molar-refractivity contribution is 5.93. The van der Waals surface area contributed by atoms with E-state index in [2.05, 4.69) is 15.2 Å². The van der Waals surface area contributed by atoms with Crippen LogP contribution in [0.1, 0.15) is 5.56 Å². The number of azo groups is 1. The minimum absolute atomic E-state index is 0.197. The first-order valence-electron chi connectivity index (χ1n) is 6.29. The Balaban J connectivity index is 2.05. The first-order valence-corrected chi connectivity index (χ1v) is 6.29. The lowest BCUT2D eigenvalue weighted by Gasteiger charge is -2.02. The summed E-state index contributed by atoms with van der Waals surface area (Å²) in [6.07, 6.45) is 1.67. The molecule has 1 aromatic heterocycles. The van der Waals surface area contributed by atoms with E-state index in [-0.39, 0.29) is 5.75 Å². The number of aryl methyl sites for hydroxylation is 1. The molecule has 3 aromatic rings. The maximum Gasteiger partial charge on any atom is 0.125 e. The zero-order chi connectivity index (χ0) is 13.9. The quantitative estimate of drug-likeness (QED) is 0.683. The summed E-state index contributed by atoms with van der Waals surface area (Å²) in [5.74, 6) is 0.197. The Morgan fingerprint density at radius 1 is 1.00 bits per heavy atom. The van der Waals surface area contributed by atoms with E-state index < -0.39 is 0 Å². The summed E-state index contributed by atoms with van der Waals surface area (Å²) in [7, 11) is 0. The van der Waals surface area contributed by atoms with Gasteiger partial charge in [0.25, 0.3) is 0 Å². The van der Waals surface area contributed by atoms with Crippen LogP contribution in [0.3, 0.4) is 0 Å². The van der Waals surface area contributed by atoms with Crippen molar-refractivity contribution in [3.63, 3.8) is 0 Å². The number of benzene rings is 2. The van der Waals surface area contributed by atoms with Gasteiger partial charge in [-0.05, 0) is 48.9 Å². The number of phenolic OH excluding ortho intramolecular Hbond substituents is 1. The largest absolute Gasteiger partial charge is 0.507 e. The van der Waals surface area contributed by atoms with Crippen LogP contribution in [-0.2, 0) is 0 Å². The number of hydrogen-bond donors (Lipinski definition) is 1. The monoisotopic (exact) mass is 263 g/mol. The Hall–Kier alpha value is -2.75. The first kappa shape index (κ1) is 12.3. The summed E-state index contributed by atoms with van der Waals surface area (Å²) in [5, 5.41) is 18.9. The van der Waals surface area contributed by atoms with Crippen LogP contribution in [0.25, 0.3) is 10.9 Å².